The van der Waals surface area contributed by atoms with Crippen LogP contribution in [-0.2, 0) is 4.79 Å². The van der Waals surface area contributed by atoms with Crippen molar-refractivity contribution in [3.63, 3.8) is 0 Å². The van der Waals surface area contributed by atoms with Crippen LogP contribution in [0.1, 0.15) is 43.5 Å². The Labute approximate surface area is 155 Å². The Morgan fingerprint density at radius 3 is 2.48 bits per heavy atom. The molecule has 1 aromatic rings. The number of nitrogens with zero attached hydrogens (tertiary/aromatic N) is 1. The number of piperidine rings is 1. The van der Waals surface area contributed by atoms with Gasteiger partial charge >= 0.3 is 0 Å². The van der Waals surface area contributed by atoms with E-state index in [9.17, 15) is 9.59 Å². The molecule has 0 bridgehead atoms. The van der Waals surface area contributed by atoms with E-state index in [1.54, 1.807) is 24.3 Å². The summed E-state index contributed by atoms with van der Waals surface area (Å²) in [7, 11) is 0. The van der Waals surface area contributed by atoms with Crippen LogP contribution >= 0.6 is 11.6 Å². The lowest BCUT2D eigenvalue weighted by atomic mass is 9.98. The minimum Gasteiger partial charge on any atom is -0.354 e. The van der Waals surface area contributed by atoms with Crippen molar-refractivity contribution < 1.29 is 9.59 Å². The maximum Gasteiger partial charge on any atom is 0.251 e. The molecule has 1 saturated heterocycles. The number of carbonyl (C=O) groups excluding carboxylic acids is 2. The first-order valence-corrected chi connectivity index (χ1v) is 9.38. The van der Waals surface area contributed by atoms with E-state index in [0.717, 1.165) is 19.0 Å². The molecule has 1 fully saturated rings. The predicted octanol–water partition coefficient (Wildman–Crippen LogP) is 2.70. The summed E-state index contributed by atoms with van der Waals surface area (Å²) in [6, 6.07) is 7.02. The quantitative estimate of drug-likeness (QED) is 0.781. The van der Waals surface area contributed by atoms with E-state index in [4.69, 9.17) is 11.6 Å². The number of hydrogen-bond acceptors (Lipinski definition) is 3. The fraction of sp³-hybridized carbons (Fsp3) is 0.579. The van der Waals surface area contributed by atoms with Gasteiger partial charge in [-0.1, -0.05) is 18.5 Å². The molecule has 1 aromatic carbocycles. The average Bonchev–Trinajstić information content (AvgIpc) is 2.60. The van der Waals surface area contributed by atoms with Gasteiger partial charge in [0.2, 0.25) is 5.91 Å². The van der Waals surface area contributed by atoms with E-state index in [-0.39, 0.29) is 18.2 Å². The van der Waals surface area contributed by atoms with E-state index in [1.165, 1.54) is 12.8 Å². The molecule has 1 aliphatic rings. The predicted molar refractivity (Wildman–Crippen MR) is 101 cm³/mol. The third kappa shape index (κ3) is 6.67. The van der Waals surface area contributed by atoms with Crippen LogP contribution in [0.2, 0.25) is 5.02 Å². The van der Waals surface area contributed by atoms with Crippen molar-refractivity contribution in [1.82, 2.24) is 15.5 Å². The normalized spacial score (nSPS) is 17.1. The monoisotopic (exact) mass is 365 g/mol. The van der Waals surface area contributed by atoms with Crippen molar-refractivity contribution in [2.24, 2.45) is 5.92 Å². The first kappa shape index (κ1) is 19.7. The first-order chi connectivity index (χ1) is 12.0. The molecule has 0 saturated carbocycles. The van der Waals surface area contributed by atoms with Crippen LogP contribution in [0.3, 0.4) is 0 Å². The number of nitrogens with one attached hydrogen (secondary N) is 2. The number of hydrogen-bond donors (Lipinski definition) is 2. The second kappa shape index (κ2) is 9.78. The van der Waals surface area contributed by atoms with Crippen molar-refractivity contribution in [2.75, 3.05) is 26.2 Å². The maximum atomic E-state index is 11.9. The van der Waals surface area contributed by atoms with Crippen molar-refractivity contribution in [1.29, 1.82) is 0 Å². The van der Waals surface area contributed by atoms with Crippen LogP contribution < -0.4 is 10.6 Å². The van der Waals surface area contributed by atoms with Crippen LogP contribution in [0.4, 0.5) is 0 Å². The Bertz CT molecular complexity index is 569. The van der Waals surface area contributed by atoms with Crippen LogP contribution in [0.15, 0.2) is 24.3 Å². The molecule has 0 aromatic heterocycles. The van der Waals surface area contributed by atoms with Gasteiger partial charge in [0.25, 0.3) is 5.91 Å². The average molecular weight is 366 g/mol. The molecule has 0 spiro atoms. The van der Waals surface area contributed by atoms with Crippen molar-refractivity contribution in [3.05, 3.63) is 34.9 Å². The summed E-state index contributed by atoms with van der Waals surface area (Å²) in [4.78, 5) is 26.3. The highest BCUT2D eigenvalue weighted by molar-refractivity contribution is 6.30. The number of rotatable bonds is 7. The molecule has 1 unspecified atom stereocenters. The molecule has 6 heteroatoms. The lowest BCUT2D eigenvalue weighted by Gasteiger charge is -2.35. The van der Waals surface area contributed by atoms with Gasteiger partial charge in [-0.15, -0.1) is 0 Å². The summed E-state index contributed by atoms with van der Waals surface area (Å²) < 4.78 is 0. The van der Waals surface area contributed by atoms with Crippen LogP contribution in [-0.4, -0.2) is 48.9 Å². The lowest BCUT2D eigenvalue weighted by Crippen LogP contribution is -2.45. The van der Waals surface area contributed by atoms with Gasteiger partial charge in [0, 0.05) is 36.1 Å². The molecular formula is C19H28ClN3O2. The Kier molecular flexibility index (Phi) is 7.72. The number of halogens is 1. The van der Waals surface area contributed by atoms with Crippen LogP contribution in [0.5, 0.6) is 0 Å². The van der Waals surface area contributed by atoms with E-state index in [1.807, 2.05) is 0 Å². The van der Waals surface area contributed by atoms with Crippen molar-refractivity contribution in [2.45, 2.75) is 39.2 Å². The second-order valence-electron chi connectivity index (χ2n) is 6.88. The molecule has 138 valence electrons. The summed E-state index contributed by atoms with van der Waals surface area (Å²) in [6.07, 6.45) is 2.74. The van der Waals surface area contributed by atoms with Crippen LogP contribution in [0.25, 0.3) is 0 Å². The first-order valence-electron chi connectivity index (χ1n) is 9.00. The molecule has 1 heterocycles. The molecule has 25 heavy (non-hydrogen) atoms. The number of likely N-dealkylation sites (tertiary alicyclic amines) is 1. The molecule has 2 N–H and O–H groups in total. The van der Waals surface area contributed by atoms with E-state index < -0.39 is 0 Å². The summed E-state index contributed by atoms with van der Waals surface area (Å²) in [5.74, 6) is 0.580. The minimum absolute atomic E-state index is 0.0337. The largest absolute Gasteiger partial charge is 0.354 e. The Morgan fingerprint density at radius 1 is 1.20 bits per heavy atom. The van der Waals surface area contributed by atoms with E-state index in [2.05, 4.69) is 29.4 Å². The van der Waals surface area contributed by atoms with Gasteiger partial charge in [-0.3, -0.25) is 14.5 Å². The van der Waals surface area contributed by atoms with Gasteiger partial charge in [-0.05, 0) is 63.0 Å². The summed E-state index contributed by atoms with van der Waals surface area (Å²) in [5.41, 5.74) is 0.540. The molecule has 1 atom stereocenters. The second-order valence-corrected chi connectivity index (χ2v) is 7.32. The molecular weight excluding hydrogens is 338 g/mol. The van der Waals surface area contributed by atoms with Gasteiger partial charge in [0.15, 0.2) is 0 Å². The zero-order valence-electron chi connectivity index (χ0n) is 15.1. The highest BCUT2D eigenvalue weighted by Crippen LogP contribution is 2.17. The molecule has 0 aliphatic carbocycles. The standard InChI is InChI=1S/C19H28ClN3O2/c1-14-8-11-23(12-9-14)15(2)13-22-18(24)7-10-21-19(25)16-3-5-17(20)6-4-16/h3-6,14-15H,7-13H2,1-2H3,(H,21,25)(H,22,24). The highest BCUT2D eigenvalue weighted by atomic mass is 35.5. The van der Waals surface area contributed by atoms with Crippen molar-refractivity contribution in [3.8, 4) is 0 Å². The minimum atomic E-state index is -0.194. The molecule has 5 nitrogen and oxygen atoms in total. The van der Waals surface area contributed by atoms with Gasteiger partial charge in [-0.25, -0.2) is 0 Å². The number of carbonyl (C=O) groups is 2. The molecule has 0 radical (unpaired) electrons. The Morgan fingerprint density at radius 2 is 1.84 bits per heavy atom. The summed E-state index contributed by atoms with van der Waals surface area (Å²) >= 11 is 5.80. The molecule has 2 rings (SSSR count). The molecule has 1 aliphatic heterocycles. The molecule has 2 amide bonds. The third-order valence-electron chi connectivity index (χ3n) is 4.78. The highest BCUT2D eigenvalue weighted by Gasteiger charge is 2.20. The summed E-state index contributed by atoms with van der Waals surface area (Å²) in [6.45, 7) is 7.63. The van der Waals surface area contributed by atoms with Crippen molar-refractivity contribution >= 4 is 23.4 Å². The van der Waals surface area contributed by atoms with Gasteiger partial charge < -0.3 is 10.6 Å². The van der Waals surface area contributed by atoms with E-state index in [0.29, 0.717) is 29.7 Å². The Balaban J connectivity index is 1.62. The fourth-order valence-electron chi connectivity index (χ4n) is 2.94. The fourth-order valence-corrected chi connectivity index (χ4v) is 3.07. The number of benzene rings is 1. The topological polar surface area (TPSA) is 61.4 Å². The lowest BCUT2D eigenvalue weighted by molar-refractivity contribution is -0.121. The SMILES string of the molecule is CC1CCN(C(C)CNC(=O)CCNC(=O)c2ccc(Cl)cc2)CC1. The van der Waals surface area contributed by atoms with E-state index >= 15 is 0 Å². The summed E-state index contributed by atoms with van der Waals surface area (Å²) in [5, 5.41) is 6.31. The van der Waals surface area contributed by atoms with Crippen LogP contribution in [0, 0.1) is 5.92 Å². The number of amides is 2. The maximum absolute atomic E-state index is 11.9. The smallest absolute Gasteiger partial charge is 0.251 e. The third-order valence-corrected chi connectivity index (χ3v) is 5.03. The van der Waals surface area contributed by atoms with Gasteiger partial charge in [0.05, 0.1) is 0 Å². The Hall–Kier alpha value is -1.59. The zero-order chi connectivity index (χ0) is 18.2. The zero-order valence-corrected chi connectivity index (χ0v) is 15.8. The van der Waals surface area contributed by atoms with Gasteiger partial charge in [-0.2, -0.15) is 0 Å². The van der Waals surface area contributed by atoms with Gasteiger partial charge in [0.1, 0.15) is 0 Å².